The van der Waals surface area contributed by atoms with E-state index in [2.05, 4.69) is 15.0 Å². The first-order valence-electron chi connectivity index (χ1n) is 9.53. The molecule has 3 heterocycles. The number of aromatic nitrogens is 4. The highest BCUT2D eigenvalue weighted by atomic mass is 16.8. The molecule has 9 nitrogen and oxygen atoms in total. The maximum Gasteiger partial charge on any atom is 0.311 e. The fraction of sp³-hybridized carbons (Fsp3) is 0.684. The molecule has 9 heteroatoms. The molecule has 2 aromatic heterocycles. The fourth-order valence-corrected chi connectivity index (χ4v) is 4.00. The predicted octanol–water partition coefficient (Wildman–Crippen LogP) is 2.08. The van der Waals surface area contributed by atoms with Crippen LogP contribution in [0.1, 0.15) is 47.1 Å². The van der Waals surface area contributed by atoms with E-state index in [1.54, 1.807) is 6.33 Å². The smallest absolute Gasteiger partial charge is 0.311 e. The van der Waals surface area contributed by atoms with E-state index < -0.39 is 11.2 Å². The van der Waals surface area contributed by atoms with E-state index in [0.717, 1.165) is 6.42 Å². The van der Waals surface area contributed by atoms with Crippen molar-refractivity contribution in [3.05, 3.63) is 12.7 Å². The summed E-state index contributed by atoms with van der Waals surface area (Å²) in [5.74, 6) is -0.568. The van der Waals surface area contributed by atoms with Crippen LogP contribution in [0.15, 0.2) is 12.7 Å². The predicted molar refractivity (Wildman–Crippen MR) is 101 cm³/mol. The molecule has 1 saturated carbocycles. The number of carbonyl (C=O) groups excluding carboxylic acids is 1. The average Bonchev–Trinajstić information content (AvgIpc) is 3.23. The number of hydrogen-bond donors (Lipinski definition) is 1. The van der Waals surface area contributed by atoms with Crippen molar-refractivity contribution in [3.8, 4) is 0 Å². The maximum absolute atomic E-state index is 12.2. The molecule has 2 fully saturated rings. The maximum atomic E-state index is 12.2. The summed E-state index contributed by atoms with van der Waals surface area (Å²) in [5.41, 5.74) is 6.62. The second-order valence-electron chi connectivity index (χ2n) is 9.06. The lowest BCUT2D eigenvalue weighted by molar-refractivity contribution is -0.167. The Kier molecular flexibility index (Phi) is 4.35. The molecule has 0 bridgehead atoms. The number of esters is 1. The third-order valence-corrected chi connectivity index (χ3v) is 5.34. The molecular formula is C19H27N5O4. The van der Waals surface area contributed by atoms with Gasteiger partial charge in [-0.25, -0.2) is 15.0 Å². The van der Waals surface area contributed by atoms with E-state index in [0.29, 0.717) is 17.0 Å². The molecule has 2 aliphatic rings. The Balaban J connectivity index is 1.61. The third-order valence-electron chi connectivity index (χ3n) is 5.34. The van der Waals surface area contributed by atoms with Crippen molar-refractivity contribution in [1.29, 1.82) is 0 Å². The summed E-state index contributed by atoms with van der Waals surface area (Å²) in [5, 5.41) is 0. The van der Waals surface area contributed by atoms with Gasteiger partial charge in [-0.05, 0) is 41.0 Å². The van der Waals surface area contributed by atoms with Crippen LogP contribution in [0.25, 0.3) is 11.2 Å². The quantitative estimate of drug-likeness (QED) is 0.794. The van der Waals surface area contributed by atoms with Gasteiger partial charge in [0.1, 0.15) is 17.9 Å². The lowest BCUT2D eigenvalue weighted by Gasteiger charge is -2.25. The zero-order chi connectivity index (χ0) is 20.3. The van der Waals surface area contributed by atoms with Gasteiger partial charge >= 0.3 is 5.97 Å². The van der Waals surface area contributed by atoms with Crippen molar-refractivity contribution in [2.24, 2.45) is 11.3 Å². The van der Waals surface area contributed by atoms with Gasteiger partial charge in [-0.1, -0.05) is 0 Å². The van der Waals surface area contributed by atoms with Crippen molar-refractivity contribution in [1.82, 2.24) is 19.5 Å². The Morgan fingerprint density at radius 2 is 2.00 bits per heavy atom. The van der Waals surface area contributed by atoms with Crippen LogP contribution in [0.4, 0.5) is 5.82 Å². The van der Waals surface area contributed by atoms with Crippen LogP contribution in [0.5, 0.6) is 0 Å². The molecule has 0 aromatic carbocycles. The van der Waals surface area contributed by atoms with Crippen molar-refractivity contribution >= 4 is 23.0 Å². The molecule has 0 amide bonds. The van der Waals surface area contributed by atoms with Crippen LogP contribution in [0.2, 0.25) is 0 Å². The van der Waals surface area contributed by atoms with E-state index in [1.807, 2.05) is 39.2 Å². The molecule has 0 radical (unpaired) electrons. The first-order chi connectivity index (χ1) is 13.1. The van der Waals surface area contributed by atoms with Crippen LogP contribution in [-0.4, -0.2) is 50.1 Å². The monoisotopic (exact) mass is 389 g/mol. The highest BCUT2D eigenvalue weighted by Gasteiger charge is 2.55. The van der Waals surface area contributed by atoms with E-state index in [4.69, 9.17) is 19.9 Å². The molecule has 28 heavy (non-hydrogen) atoms. The largest absolute Gasteiger partial charge is 0.465 e. The molecule has 1 saturated heterocycles. The third kappa shape index (κ3) is 3.22. The molecule has 1 aliphatic heterocycles. The second kappa shape index (κ2) is 6.38. The minimum atomic E-state index is -0.704. The van der Waals surface area contributed by atoms with Crippen molar-refractivity contribution in [3.63, 3.8) is 0 Å². The van der Waals surface area contributed by atoms with Crippen LogP contribution >= 0.6 is 0 Å². The van der Waals surface area contributed by atoms with E-state index >= 15 is 0 Å². The molecule has 2 N–H and O–H groups in total. The molecule has 4 atom stereocenters. The Labute approximate surface area is 163 Å². The van der Waals surface area contributed by atoms with Crippen molar-refractivity contribution < 1.29 is 19.0 Å². The number of hydrogen-bond acceptors (Lipinski definition) is 8. The molecule has 0 spiro atoms. The summed E-state index contributed by atoms with van der Waals surface area (Å²) < 4.78 is 19.9. The van der Waals surface area contributed by atoms with Crippen molar-refractivity contribution in [2.75, 3.05) is 12.3 Å². The Bertz CT molecular complexity index is 903. The zero-order valence-electron chi connectivity index (χ0n) is 16.9. The Hall–Kier alpha value is -2.26. The number of fused-ring (bicyclic) bond motifs is 2. The summed E-state index contributed by atoms with van der Waals surface area (Å²) in [6, 6.07) is -0.0515. The lowest BCUT2D eigenvalue weighted by Crippen LogP contribution is -2.31. The number of ether oxygens (including phenoxy) is 3. The second-order valence-corrected chi connectivity index (χ2v) is 9.06. The van der Waals surface area contributed by atoms with Gasteiger partial charge in [0.05, 0.1) is 30.5 Å². The minimum Gasteiger partial charge on any atom is -0.465 e. The number of nitrogens with zero attached hydrogens (tertiary/aromatic N) is 4. The molecule has 4 rings (SSSR count). The van der Waals surface area contributed by atoms with Gasteiger partial charge in [0, 0.05) is 5.92 Å². The fourth-order valence-electron chi connectivity index (χ4n) is 4.00. The van der Waals surface area contributed by atoms with E-state index in [1.165, 1.54) is 6.33 Å². The van der Waals surface area contributed by atoms with Gasteiger partial charge in [0.25, 0.3) is 0 Å². The van der Waals surface area contributed by atoms with Gasteiger partial charge in [0.2, 0.25) is 0 Å². The topological polar surface area (TPSA) is 114 Å². The minimum absolute atomic E-state index is 0.0136. The van der Waals surface area contributed by atoms with Gasteiger partial charge in [-0.3, -0.25) is 4.79 Å². The van der Waals surface area contributed by atoms with Crippen LogP contribution < -0.4 is 5.73 Å². The number of rotatable bonds is 3. The molecule has 0 unspecified atom stereocenters. The number of nitrogens with two attached hydrogens (primary N) is 1. The van der Waals surface area contributed by atoms with Crippen LogP contribution in [0, 0.1) is 11.3 Å². The first kappa shape index (κ1) is 19.1. The van der Waals surface area contributed by atoms with Gasteiger partial charge < -0.3 is 24.5 Å². The summed E-state index contributed by atoms with van der Waals surface area (Å²) in [6.07, 6.45) is 3.50. The number of nitrogen functional groups attached to an aromatic ring is 1. The number of carbonyl (C=O) groups is 1. The van der Waals surface area contributed by atoms with E-state index in [9.17, 15) is 4.79 Å². The normalized spacial score (nSPS) is 29.2. The highest BCUT2D eigenvalue weighted by molar-refractivity contribution is 5.81. The summed E-state index contributed by atoms with van der Waals surface area (Å²) in [7, 11) is 0. The Morgan fingerprint density at radius 1 is 1.29 bits per heavy atom. The van der Waals surface area contributed by atoms with Gasteiger partial charge in [-0.15, -0.1) is 0 Å². The zero-order valence-corrected chi connectivity index (χ0v) is 16.9. The van der Waals surface area contributed by atoms with Gasteiger partial charge in [-0.2, -0.15) is 0 Å². The summed E-state index contributed by atoms with van der Waals surface area (Å²) >= 11 is 0. The summed E-state index contributed by atoms with van der Waals surface area (Å²) in [6.45, 7) is 9.61. The summed E-state index contributed by atoms with van der Waals surface area (Å²) in [4.78, 5) is 25.0. The molecule has 1 aliphatic carbocycles. The lowest BCUT2D eigenvalue weighted by atomic mass is 9.97. The molecule has 2 aromatic rings. The standard InChI is InChI=1S/C19H27N5O4/c1-18(2,3)17(25)26-7-10-6-11(14-13(10)27-19(4,5)28-14)24-9-23-12-15(20)21-8-22-16(12)24/h8-11,13-14H,6-7H2,1-5H3,(H2,20,21,22)/t10-,11-,13-,14+/m1/s1. The number of anilines is 1. The SMILES string of the molecule is CC1(C)O[C@@H]2[C@@H](COC(=O)C(C)(C)C)C[C@@H](n3cnc4c(N)ncnc43)[C@@H]2O1. The van der Waals surface area contributed by atoms with Crippen molar-refractivity contribution in [2.45, 2.75) is 65.1 Å². The first-order valence-corrected chi connectivity index (χ1v) is 9.53. The van der Waals surface area contributed by atoms with E-state index in [-0.39, 0.29) is 36.7 Å². The van der Waals surface area contributed by atoms with Crippen LogP contribution in [0.3, 0.4) is 0 Å². The molecular weight excluding hydrogens is 362 g/mol. The van der Waals surface area contributed by atoms with Gasteiger partial charge in [0.15, 0.2) is 17.3 Å². The average molecular weight is 389 g/mol. The Morgan fingerprint density at radius 3 is 2.71 bits per heavy atom. The highest BCUT2D eigenvalue weighted by Crippen LogP contribution is 2.47. The number of imidazole rings is 1. The molecule has 152 valence electrons. The van der Waals surface area contributed by atoms with Crippen LogP contribution in [-0.2, 0) is 19.0 Å².